The average molecular weight is 343 g/mol. The van der Waals surface area contributed by atoms with E-state index in [1.165, 1.54) is 12.8 Å². The van der Waals surface area contributed by atoms with Gasteiger partial charge in [-0.1, -0.05) is 29.8 Å². The van der Waals surface area contributed by atoms with Crippen molar-refractivity contribution in [2.45, 2.75) is 56.7 Å². The van der Waals surface area contributed by atoms with E-state index in [0.717, 1.165) is 29.8 Å². The number of nitrogens with zero attached hydrogens (tertiary/aromatic N) is 1. The minimum absolute atomic E-state index is 0. The Labute approximate surface area is 143 Å². The molecule has 1 aromatic rings. The SMILES string of the molecule is CN(C(=O)CCc1ccccc1Cl)C1CC2CCC(C1)N2.Cl. The van der Waals surface area contributed by atoms with E-state index < -0.39 is 0 Å². The lowest BCUT2D eigenvalue weighted by Crippen LogP contribution is -2.48. The van der Waals surface area contributed by atoms with E-state index in [0.29, 0.717) is 24.5 Å². The number of hydrogen-bond donors (Lipinski definition) is 1. The fraction of sp³-hybridized carbons (Fsp3) is 0.588. The van der Waals surface area contributed by atoms with Crippen LogP contribution in [0.2, 0.25) is 5.02 Å². The van der Waals surface area contributed by atoms with Gasteiger partial charge in [-0.25, -0.2) is 0 Å². The number of aryl methyl sites for hydroxylation is 1. The average Bonchev–Trinajstić information content (AvgIpc) is 2.83. The third kappa shape index (κ3) is 3.95. The molecule has 2 bridgehead atoms. The molecule has 0 radical (unpaired) electrons. The summed E-state index contributed by atoms with van der Waals surface area (Å²) in [7, 11) is 1.96. The summed E-state index contributed by atoms with van der Waals surface area (Å²) < 4.78 is 0. The first-order valence-electron chi connectivity index (χ1n) is 7.88. The van der Waals surface area contributed by atoms with Gasteiger partial charge in [0.05, 0.1) is 0 Å². The molecular weight excluding hydrogens is 319 g/mol. The van der Waals surface area contributed by atoms with Crippen LogP contribution in [0.4, 0.5) is 0 Å². The number of hydrogen-bond acceptors (Lipinski definition) is 2. The highest BCUT2D eigenvalue weighted by Gasteiger charge is 2.36. The number of nitrogens with one attached hydrogen (secondary N) is 1. The van der Waals surface area contributed by atoms with Crippen LogP contribution in [0.25, 0.3) is 0 Å². The van der Waals surface area contributed by atoms with Crippen molar-refractivity contribution in [1.29, 1.82) is 0 Å². The van der Waals surface area contributed by atoms with Gasteiger partial charge >= 0.3 is 0 Å². The molecule has 2 atom stereocenters. The molecule has 2 unspecified atom stereocenters. The number of amides is 1. The molecule has 0 aliphatic carbocycles. The van der Waals surface area contributed by atoms with Crippen molar-refractivity contribution in [3.63, 3.8) is 0 Å². The molecular formula is C17H24Cl2N2O. The molecule has 2 aliphatic heterocycles. The standard InChI is InChI=1S/C17H23ClN2O.ClH/c1-20(15-10-13-7-8-14(11-15)19-13)17(21)9-6-12-4-2-3-5-16(12)18;/h2-5,13-15,19H,6-11H2,1H3;1H. The first-order valence-corrected chi connectivity index (χ1v) is 8.26. The number of benzene rings is 1. The van der Waals surface area contributed by atoms with Gasteiger partial charge in [0, 0.05) is 36.6 Å². The topological polar surface area (TPSA) is 32.3 Å². The van der Waals surface area contributed by atoms with Crippen LogP contribution in [0, 0.1) is 0 Å². The molecule has 0 aromatic heterocycles. The molecule has 22 heavy (non-hydrogen) atoms. The number of piperidine rings is 1. The Morgan fingerprint density at radius 3 is 2.55 bits per heavy atom. The molecule has 2 saturated heterocycles. The van der Waals surface area contributed by atoms with Crippen molar-refractivity contribution in [3.05, 3.63) is 34.9 Å². The molecule has 0 saturated carbocycles. The number of carbonyl (C=O) groups is 1. The van der Waals surface area contributed by atoms with E-state index >= 15 is 0 Å². The molecule has 5 heteroatoms. The van der Waals surface area contributed by atoms with Gasteiger partial charge in [0.25, 0.3) is 0 Å². The number of fused-ring (bicyclic) bond motifs is 2. The van der Waals surface area contributed by atoms with Gasteiger partial charge in [-0.05, 0) is 43.7 Å². The second-order valence-electron chi connectivity index (χ2n) is 6.36. The Kier molecular flexibility index (Phi) is 6.13. The lowest BCUT2D eigenvalue weighted by Gasteiger charge is -2.35. The maximum atomic E-state index is 12.4. The summed E-state index contributed by atoms with van der Waals surface area (Å²) in [6.45, 7) is 0. The Hall–Kier alpha value is -0.770. The zero-order valence-corrected chi connectivity index (χ0v) is 14.5. The van der Waals surface area contributed by atoms with Crippen LogP contribution in [0.1, 0.15) is 37.7 Å². The van der Waals surface area contributed by atoms with Crippen molar-refractivity contribution >= 4 is 29.9 Å². The van der Waals surface area contributed by atoms with E-state index in [-0.39, 0.29) is 18.3 Å². The van der Waals surface area contributed by atoms with Gasteiger partial charge in [-0.2, -0.15) is 0 Å². The van der Waals surface area contributed by atoms with Crippen molar-refractivity contribution in [1.82, 2.24) is 10.2 Å². The lowest BCUT2D eigenvalue weighted by atomic mass is 9.98. The van der Waals surface area contributed by atoms with Crippen LogP contribution in [-0.2, 0) is 11.2 Å². The van der Waals surface area contributed by atoms with Crippen molar-refractivity contribution in [2.24, 2.45) is 0 Å². The molecule has 122 valence electrons. The van der Waals surface area contributed by atoms with Crippen molar-refractivity contribution < 1.29 is 4.79 Å². The van der Waals surface area contributed by atoms with E-state index in [2.05, 4.69) is 5.32 Å². The molecule has 2 fully saturated rings. The van der Waals surface area contributed by atoms with Gasteiger partial charge in [0.15, 0.2) is 0 Å². The minimum Gasteiger partial charge on any atom is -0.343 e. The second-order valence-corrected chi connectivity index (χ2v) is 6.77. The maximum absolute atomic E-state index is 12.4. The first-order chi connectivity index (χ1) is 10.1. The Morgan fingerprint density at radius 1 is 1.27 bits per heavy atom. The highest BCUT2D eigenvalue weighted by molar-refractivity contribution is 6.31. The predicted octanol–water partition coefficient (Wildman–Crippen LogP) is 3.44. The van der Waals surface area contributed by atoms with Gasteiger partial charge in [0.1, 0.15) is 0 Å². The van der Waals surface area contributed by atoms with E-state index in [1.807, 2.05) is 36.2 Å². The molecule has 0 spiro atoms. The summed E-state index contributed by atoms with van der Waals surface area (Å²) >= 11 is 6.15. The quantitative estimate of drug-likeness (QED) is 0.908. The van der Waals surface area contributed by atoms with Crippen molar-refractivity contribution in [3.8, 4) is 0 Å². The minimum atomic E-state index is 0. The molecule has 2 aliphatic rings. The van der Waals surface area contributed by atoms with Gasteiger partial charge in [-0.3, -0.25) is 4.79 Å². The van der Waals surface area contributed by atoms with Crippen LogP contribution >= 0.6 is 24.0 Å². The molecule has 1 amide bonds. The molecule has 1 N–H and O–H groups in total. The third-order valence-electron chi connectivity index (χ3n) is 4.96. The van der Waals surface area contributed by atoms with Crippen LogP contribution < -0.4 is 5.32 Å². The second kappa shape index (κ2) is 7.67. The summed E-state index contributed by atoms with van der Waals surface area (Å²) in [5.41, 5.74) is 1.06. The molecule has 1 aromatic carbocycles. The van der Waals surface area contributed by atoms with Crippen LogP contribution in [-0.4, -0.2) is 36.0 Å². The summed E-state index contributed by atoms with van der Waals surface area (Å²) in [6, 6.07) is 9.42. The maximum Gasteiger partial charge on any atom is 0.222 e. The number of carbonyl (C=O) groups excluding carboxylic acids is 1. The number of halogens is 2. The van der Waals surface area contributed by atoms with Crippen LogP contribution in [0.3, 0.4) is 0 Å². The fourth-order valence-corrected chi connectivity index (χ4v) is 3.90. The molecule has 3 rings (SSSR count). The summed E-state index contributed by atoms with van der Waals surface area (Å²) in [5, 5.41) is 4.38. The highest BCUT2D eigenvalue weighted by Crippen LogP contribution is 2.29. The Balaban J connectivity index is 0.00000176. The van der Waals surface area contributed by atoms with Crippen LogP contribution in [0.5, 0.6) is 0 Å². The van der Waals surface area contributed by atoms with Crippen LogP contribution in [0.15, 0.2) is 24.3 Å². The highest BCUT2D eigenvalue weighted by atomic mass is 35.5. The zero-order valence-electron chi connectivity index (χ0n) is 12.9. The van der Waals surface area contributed by atoms with E-state index in [4.69, 9.17) is 11.6 Å². The van der Waals surface area contributed by atoms with Crippen molar-refractivity contribution in [2.75, 3.05) is 7.05 Å². The first kappa shape index (κ1) is 17.6. The third-order valence-corrected chi connectivity index (χ3v) is 5.32. The monoisotopic (exact) mass is 342 g/mol. The van der Waals surface area contributed by atoms with Gasteiger partial charge in [0.2, 0.25) is 5.91 Å². The number of rotatable bonds is 4. The Bertz CT molecular complexity index is 511. The zero-order chi connectivity index (χ0) is 14.8. The Morgan fingerprint density at radius 2 is 1.91 bits per heavy atom. The fourth-order valence-electron chi connectivity index (χ4n) is 3.67. The molecule has 3 nitrogen and oxygen atoms in total. The predicted molar refractivity (Wildman–Crippen MR) is 92.8 cm³/mol. The summed E-state index contributed by atoms with van der Waals surface area (Å²) in [6.07, 6.45) is 6.00. The normalized spacial score (nSPS) is 26.4. The van der Waals surface area contributed by atoms with E-state index in [9.17, 15) is 4.79 Å². The largest absolute Gasteiger partial charge is 0.343 e. The lowest BCUT2D eigenvalue weighted by molar-refractivity contribution is -0.132. The summed E-state index contributed by atoms with van der Waals surface area (Å²) in [5.74, 6) is 0.237. The molecule has 2 heterocycles. The van der Waals surface area contributed by atoms with Gasteiger partial charge < -0.3 is 10.2 Å². The van der Waals surface area contributed by atoms with Gasteiger partial charge in [-0.15, -0.1) is 12.4 Å². The van der Waals surface area contributed by atoms with E-state index in [1.54, 1.807) is 0 Å². The smallest absolute Gasteiger partial charge is 0.222 e. The summed E-state index contributed by atoms with van der Waals surface area (Å²) in [4.78, 5) is 14.4.